The molecule has 0 heterocycles. The number of halogens is 2. The van der Waals surface area contributed by atoms with Crippen LogP contribution in [0, 0.1) is 5.82 Å². The van der Waals surface area contributed by atoms with Gasteiger partial charge in [0.2, 0.25) is 0 Å². The molecule has 2 aromatic carbocycles. The highest BCUT2D eigenvalue weighted by Crippen LogP contribution is 2.18. The Kier molecular flexibility index (Phi) is 4.90. The van der Waals surface area contributed by atoms with Crippen molar-refractivity contribution in [1.82, 2.24) is 0 Å². The van der Waals surface area contributed by atoms with E-state index in [1.165, 1.54) is 6.07 Å². The van der Waals surface area contributed by atoms with Gasteiger partial charge in [-0.3, -0.25) is 4.79 Å². The van der Waals surface area contributed by atoms with Gasteiger partial charge in [-0.05, 0) is 36.8 Å². The van der Waals surface area contributed by atoms with Gasteiger partial charge in [0, 0.05) is 16.5 Å². The zero-order valence-corrected chi connectivity index (χ0v) is 12.6. The van der Waals surface area contributed by atoms with Gasteiger partial charge in [0.25, 0.3) is 0 Å². The van der Waals surface area contributed by atoms with Gasteiger partial charge < -0.3 is 4.74 Å². The normalized spacial score (nSPS) is 10.3. The molecule has 2 rings (SSSR count). The molecule has 104 valence electrons. The predicted molar refractivity (Wildman–Crippen MR) is 79.3 cm³/mol. The van der Waals surface area contributed by atoms with Gasteiger partial charge in [-0.1, -0.05) is 34.1 Å². The van der Waals surface area contributed by atoms with Gasteiger partial charge in [0.1, 0.15) is 24.0 Å². The largest absolute Gasteiger partial charge is 0.489 e. The van der Waals surface area contributed by atoms with Crippen molar-refractivity contribution in [3.05, 3.63) is 63.9 Å². The summed E-state index contributed by atoms with van der Waals surface area (Å²) >= 11 is 3.21. The van der Waals surface area contributed by atoms with Crippen molar-refractivity contribution < 1.29 is 13.9 Å². The summed E-state index contributed by atoms with van der Waals surface area (Å²) in [4.78, 5) is 11.0. The first-order chi connectivity index (χ1) is 9.54. The van der Waals surface area contributed by atoms with Crippen LogP contribution in [0.15, 0.2) is 46.9 Å². The molecular formula is C16H14BrFO2. The molecule has 0 aliphatic rings. The summed E-state index contributed by atoms with van der Waals surface area (Å²) in [6.45, 7) is 1.73. The first-order valence-corrected chi connectivity index (χ1v) is 6.99. The maximum atomic E-state index is 13.6. The number of carbonyl (C=O) groups is 1. The fourth-order valence-electron chi connectivity index (χ4n) is 1.79. The van der Waals surface area contributed by atoms with Gasteiger partial charge in [-0.25, -0.2) is 4.39 Å². The lowest BCUT2D eigenvalue weighted by atomic mass is 10.1. The zero-order valence-electron chi connectivity index (χ0n) is 11.0. The SMILES string of the molecule is CC(=O)Cc1ccc(OCc2ccc(Br)cc2F)cc1. The third kappa shape index (κ3) is 4.17. The number of hydrogen-bond acceptors (Lipinski definition) is 2. The summed E-state index contributed by atoms with van der Waals surface area (Å²) in [5.74, 6) is 0.475. The minimum Gasteiger partial charge on any atom is -0.489 e. The number of hydrogen-bond donors (Lipinski definition) is 0. The van der Waals surface area contributed by atoms with Crippen molar-refractivity contribution in [3.8, 4) is 5.75 Å². The minimum atomic E-state index is -0.299. The molecule has 0 N–H and O–H groups in total. The van der Waals surface area contributed by atoms with E-state index in [-0.39, 0.29) is 18.2 Å². The molecule has 0 saturated heterocycles. The molecule has 2 nitrogen and oxygen atoms in total. The summed E-state index contributed by atoms with van der Waals surface area (Å²) in [7, 11) is 0. The number of ketones is 1. The van der Waals surface area contributed by atoms with E-state index in [4.69, 9.17) is 4.74 Å². The van der Waals surface area contributed by atoms with Crippen LogP contribution in [0.2, 0.25) is 0 Å². The lowest BCUT2D eigenvalue weighted by Crippen LogP contribution is -1.99. The fourth-order valence-corrected chi connectivity index (χ4v) is 2.12. The summed E-state index contributed by atoms with van der Waals surface area (Å²) < 4.78 is 19.8. The van der Waals surface area contributed by atoms with E-state index in [2.05, 4.69) is 15.9 Å². The molecule has 4 heteroatoms. The van der Waals surface area contributed by atoms with E-state index in [0.29, 0.717) is 22.2 Å². The molecule has 0 fully saturated rings. The van der Waals surface area contributed by atoms with Gasteiger partial charge in [-0.2, -0.15) is 0 Å². The molecule has 0 atom stereocenters. The molecule has 0 amide bonds. The van der Waals surface area contributed by atoms with Gasteiger partial charge >= 0.3 is 0 Å². The minimum absolute atomic E-state index is 0.121. The summed E-state index contributed by atoms with van der Waals surface area (Å²) in [6, 6.07) is 12.1. The zero-order chi connectivity index (χ0) is 14.5. The quantitative estimate of drug-likeness (QED) is 0.813. The van der Waals surface area contributed by atoms with Crippen LogP contribution in [0.1, 0.15) is 18.1 Å². The highest BCUT2D eigenvalue weighted by Gasteiger charge is 2.04. The lowest BCUT2D eigenvalue weighted by molar-refractivity contribution is -0.116. The Labute approximate surface area is 125 Å². The Morgan fingerprint density at radius 2 is 1.90 bits per heavy atom. The monoisotopic (exact) mass is 336 g/mol. The van der Waals surface area contributed by atoms with Crippen LogP contribution < -0.4 is 4.74 Å². The molecule has 0 radical (unpaired) electrons. The molecule has 0 unspecified atom stereocenters. The Morgan fingerprint density at radius 1 is 1.20 bits per heavy atom. The van der Waals surface area contributed by atoms with E-state index < -0.39 is 0 Å². The third-order valence-electron chi connectivity index (χ3n) is 2.79. The molecule has 0 bridgehead atoms. The molecule has 0 aliphatic heterocycles. The molecule has 2 aromatic rings. The second-order valence-electron chi connectivity index (χ2n) is 4.55. The smallest absolute Gasteiger partial charge is 0.134 e. The molecule has 0 saturated carbocycles. The number of carbonyl (C=O) groups excluding carboxylic acids is 1. The van der Waals surface area contributed by atoms with Crippen LogP contribution in [0.4, 0.5) is 4.39 Å². The Bertz CT molecular complexity index is 608. The summed E-state index contributed by atoms with van der Waals surface area (Å²) in [6.07, 6.45) is 0.418. The standard InChI is InChI=1S/C16H14BrFO2/c1-11(19)8-12-2-6-15(7-3-12)20-10-13-4-5-14(17)9-16(13)18/h2-7,9H,8,10H2,1H3. The van der Waals surface area contributed by atoms with Crippen molar-refractivity contribution in [1.29, 1.82) is 0 Å². The van der Waals surface area contributed by atoms with E-state index in [1.54, 1.807) is 31.2 Å². The number of rotatable bonds is 5. The van der Waals surface area contributed by atoms with Gasteiger partial charge in [-0.15, -0.1) is 0 Å². The average Bonchev–Trinajstić information content (AvgIpc) is 2.39. The molecule has 0 aliphatic carbocycles. The highest BCUT2D eigenvalue weighted by atomic mass is 79.9. The van der Waals surface area contributed by atoms with Crippen LogP contribution >= 0.6 is 15.9 Å². The van der Waals surface area contributed by atoms with E-state index in [0.717, 1.165) is 5.56 Å². The lowest BCUT2D eigenvalue weighted by Gasteiger charge is -2.08. The molecular weight excluding hydrogens is 323 g/mol. The summed E-state index contributed by atoms with van der Waals surface area (Å²) in [5, 5.41) is 0. The number of benzene rings is 2. The summed E-state index contributed by atoms with van der Waals surface area (Å²) in [5.41, 5.74) is 1.45. The van der Waals surface area contributed by atoms with Gasteiger partial charge in [0.15, 0.2) is 0 Å². The Hall–Kier alpha value is -1.68. The van der Waals surface area contributed by atoms with Crippen molar-refractivity contribution in [2.45, 2.75) is 20.0 Å². The van der Waals surface area contributed by atoms with Crippen molar-refractivity contribution >= 4 is 21.7 Å². The Morgan fingerprint density at radius 3 is 2.50 bits per heavy atom. The fraction of sp³-hybridized carbons (Fsp3) is 0.188. The van der Waals surface area contributed by atoms with Crippen LogP contribution in [0.25, 0.3) is 0 Å². The van der Waals surface area contributed by atoms with E-state index >= 15 is 0 Å². The second kappa shape index (κ2) is 6.66. The Balaban J connectivity index is 1.98. The maximum absolute atomic E-state index is 13.6. The topological polar surface area (TPSA) is 26.3 Å². The maximum Gasteiger partial charge on any atom is 0.134 e. The molecule has 0 aromatic heterocycles. The first kappa shape index (κ1) is 14.7. The molecule has 20 heavy (non-hydrogen) atoms. The highest BCUT2D eigenvalue weighted by molar-refractivity contribution is 9.10. The molecule has 0 spiro atoms. The first-order valence-electron chi connectivity index (χ1n) is 6.19. The predicted octanol–water partition coefficient (Wildman–Crippen LogP) is 4.30. The third-order valence-corrected chi connectivity index (χ3v) is 3.28. The van der Waals surface area contributed by atoms with E-state index in [1.807, 2.05) is 12.1 Å². The van der Waals surface area contributed by atoms with Crippen LogP contribution in [0.5, 0.6) is 5.75 Å². The van der Waals surface area contributed by atoms with Crippen LogP contribution in [-0.2, 0) is 17.8 Å². The number of Topliss-reactive ketones (excluding diaryl/α,β-unsaturated/α-hetero) is 1. The van der Waals surface area contributed by atoms with Gasteiger partial charge in [0.05, 0.1) is 0 Å². The average molecular weight is 337 g/mol. The van der Waals surface area contributed by atoms with Crippen molar-refractivity contribution in [2.24, 2.45) is 0 Å². The number of ether oxygens (including phenoxy) is 1. The van der Waals surface area contributed by atoms with Crippen molar-refractivity contribution in [3.63, 3.8) is 0 Å². The second-order valence-corrected chi connectivity index (χ2v) is 5.46. The van der Waals surface area contributed by atoms with Crippen LogP contribution in [-0.4, -0.2) is 5.78 Å². The van der Waals surface area contributed by atoms with Crippen LogP contribution in [0.3, 0.4) is 0 Å². The van der Waals surface area contributed by atoms with E-state index in [9.17, 15) is 9.18 Å². The van der Waals surface area contributed by atoms with Crippen molar-refractivity contribution in [2.75, 3.05) is 0 Å².